The number of anilines is 1. The summed E-state index contributed by atoms with van der Waals surface area (Å²) in [6.07, 6.45) is 3.70. The average Bonchev–Trinajstić information content (AvgIpc) is 2.44. The van der Waals surface area contributed by atoms with Gasteiger partial charge in [0.05, 0.1) is 12.2 Å². The summed E-state index contributed by atoms with van der Waals surface area (Å²) in [6, 6.07) is 10.2. The Kier molecular flexibility index (Phi) is 4.98. The number of nitrogens with one attached hydrogen (secondary N) is 1. The topological polar surface area (TPSA) is 37.8 Å². The SMILES string of the molecule is C=CCSc1ccccc1NCc1ccnc(C)n1. The monoisotopic (exact) mass is 271 g/mol. The zero-order chi connectivity index (χ0) is 13.5. The van der Waals surface area contributed by atoms with Crippen LogP contribution in [0.15, 0.2) is 54.1 Å². The molecule has 0 amide bonds. The molecule has 0 saturated heterocycles. The van der Waals surface area contributed by atoms with Crippen LogP contribution in [0.25, 0.3) is 0 Å². The minimum absolute atomic E-state index is 0.703. The Bertz CT molecular complexity index is 555. The van der Waals surface area contributed by atoms with Gasteiger partial charge in [-0.3, -0.25) is 0 Å². The molecule has 0 bridgehead atoms. The minimum Gasteiger partial charge on any atom is -0.378 e. The summed E-state index contributed by atoms with van der Waals surface area (Å²) in [7, 11) is 0. The molecule has 3 nitrogen and oxygen atoms in total. The lowest BCUT2D eigenvalue weighted by molar-refractivity contribution is 0.953. The summed E-state index contributed by atoms with van der Waals surface area (Å²) in [5, 5.41) is 3.42. The highest BCUT2D eigenvalue weighted by atomic mass is 32.2. The highest BCUT2D eigenvalue weighted by molar-refractivity contribution is 7.99. The fourth-order valence-corrected chi connectivity index (χ4v) is 2.44. The fraction of sp³-hybridized carbons (Fsp3) is 0.200. The average molecular weight is 271 g/mol. The number of hydrogen-bond acceptors (Lipinski definition) is 4. The summed E-state index contributed by atoms with van der Waals surface area (Å²) in [5.74, 6) is 1.71. The summed E-state index contributed by atoms with van der Waals surface area (Å²) in [6.45, 7) is 6.35. The Labute approximate surface area is 118 Å². The van der Waals surface area contributed by atoms with Crippen molar-refractivity contribution >= 4 is 17.4 Å². The van der Waals surface area contributed by atoms with E-state index in [2.05, 4.69) is 34.0 Å². The van der Waals surface area contributed by atoms with E-state index in [0.717, 1.165) is 23.0 Å². The Morgan fingerprint density at radius 2 is 2.16 bits per heavy atom. The van der Waals surface area contributed by atoms with E-state index in [1.165, 1.54) is 4.90 Å². The molecule has 4 heteroatoms. The zero-order valence-electron chi connectivity index (χ0n) is 11.0. The van der Waals surface area contributed by atoms with Crippen molar-refractivity contribution in [2.24, 2.45) is 0 Å². The molecule has 2 rings (SSSR count). The summed E-state index contributed by atoms with van der Waals surface area (Å²) in [5.41, 5.74) is 2.13. The first-order valence-corrected chi connectivity index (χ1v) is 7.13. The van der Waals surface area contributed by atoms with Crippen LogP contribution in [-0.2, 0) is 6.54 Å². The molecule has 1 aromatic carbocycles. The molecule has 0 radical (unpaired) electrons. The maximum absolute atomic E-state index is 4.38. The second-order valence-electron chi connectivity index (χ2n) is 4.04. The highest BCUT2D eigenvalue weighted by Crippen LogP contribution is 2.27. The van der Waals surface area contributed by atoms with Gasteiger partial charge in [-0.2, -0.15) is 0 Å². The van der Waals surface area contributed by atoms with Gasteiger partial charge in [0.15, 0.2) is 0 Å². The van der Waals surface area contributed by atoms with Gasteiger partial charge in [-0.05, 0) is 25.1 Å². The maximum Gasteiger partial charge on any atom is 0.125 e. The summed E-state index contributed by atoms with van der Waals surface area (Å²) < 4.78 is 0. The van der Waals surface area contributed by atoms with Crippen molar-refractivity contribution in [1.29, 1.82) is 0 Å². The molecule has 0 spiro atoms. The summed E-state index contributed by atoms with van der Waals surface area (Å²) in [4.78, 5) is 9.71. The number of hydrogen-bond donors (Lipinski definition) is 1. The van der Waals surface area contributed by atoms with E-state index in [9.17, 15) is 0 Å². The van der Waals surface area contributed by atoms with Crippen LogP contribution in [0.4, 0.5) is 5.69 Å². The molecule has 1 heterocycles. The lowest BCUT2D eigenvalue weighted by Crippen LogP contribution is -2.04. The van der Waals surface area contributed by atoms with Gasteiger partial charge in [0.25, 0.3) is 0 Å². The Balaban J connectivity index is 2.04. The molecule has 1 aromatic heterocycles. The van der Waals surface area contributed by atoms with E-state index in [1.807, 2.05) is 31.2 Å². The quantitative estimate of drug-likeness (QED) is 0.642. The van der Waals surface area contributed by atoms with Crippen LogP contribution in [0.2, 0.25) is 0 Å². The van der Waals surface area contributed by atoms with E-state index in [1.54, 1.807) is 18.0 Å². The highest BCUT2D eigenvalue weighted by Gasteiger charge is 2.02. The second-order valence-corrected chi connectivity index (χ2v) is 5.11. The Hall–Kier alpha value is -1.81. The van der Waals surface area contributed by atoms with Crippen LogP contribution < -0.4 is 5.32 Å². The molecule has 0 atom stereocenters. The smallest absolute Gasteiger partial charge is 0.125 e. The van der Waals surface area contributed by atoms with Crippen LogP contribution in [-0.4, -0.2) is 15.7 Å². The Morgan fingerprint density at radius 1 is 1.32 bits per heavy atom. The Morgan fingerprint density at radius 3 is 2.95 bits per heavy atom. The van der Waals surface area contributed by atoms with Crippen molar-refractivity contribution in [2.75, 3.05) is 11.1 Å². The molecule has 0 aliphatic carbocycles. The van der Waals surface area contributed by atoms with Crippen LogP contribution in [0.3, 0.4) is 0 Å². The lowest BCUT2D eigenvalue weighted by atomic mass is 10.3. The molecular weight excluding hydrogens is 254 g/mol. The molecule has 0 unspecified atom stereocenters. The third kappa shape index (κ3) is 4.10. The number of rotatable bonds is 6. The van der Waals surface area contributed by atoms with Gasteiger partial charge in [-0.15, -0.1) is 18.3 Å². The van der Waals surface area contributed by atoms with Gasteiger partial charge >= 0.3 is 0 Å². The van der Waals surface area contributed by atoms with E-state index in [-0.39, 0.29) is 0 Å². The van der Waals surface area contributed by atoms with Crippen LogP contribution >= 0.6 is 11.8 Å². The van der Waals surface area contributed by atoms with Crippen molar-refractivity contribution in [2.45, 2.75) is 18.4 Å². The number of para-hydroxylation sites is 1. The number of benzene rings is 1. The fourth-order valence-electron chi connectivity index (χ4n) is 1.68. The van der Waals surface area contributed by atoms with Gasteiger partial charge in [-0.25, -0.2) is 9.97 Å². The van der Waals surface area contributed by atoms with Crippen molar-refractivity contribution in [1.82, 2.24) is 9.97 Å². The number of aromatic nitrogens is 2. The van der Waals surface area contributed by atoms with Gasteiger partial charge in [0.2, 0.25) is 0 Å². The largest absolute Gasteiger partial charge is 0.378 e. The van der Waals surface area contributed by atoms with E-state index in [4.69, 9.17) is 0 Å². The molecule has 1 N–H and O–H groups in total. The van der Waals surface area contributed by atoms with Crippen molar-refractivity contribution in [3.05, 3.63) is 60.7 Å². The predicted octanol–water partition coefficient (Wildman–Crippen LogP) is 3.68. The van der Waals surface area contributed by atoms with Crippen LogP contribution in [0, 0.1) is 6.92 Å². The third-order valence-electron chi connectivity index (χ3n) is 2.54. The first-order chi connectivity index (χ1) is 9.29. The predicted molar refractivity (Wildman–Crippen MR) is 81.5 cm³/mol. The molecule has 2 aromatic rings. The number of nitrogens with zero attached hydrogens (tertiary/aromatic N) is 2. The van der Waals surface area contributed by atoms with Gasteiger partial charge in [0.1, 0.15) is 5.82 Å². The maximum atomic E-state index is 4.38. The molecular formula is C15H17N3S. The first kappa shape index (κ1) is 13.6. The second kappa shape index (κ2) is 6.95. The van der Waals surface area contributed by atoms with E-state index < -0.39 is 0 Å². The molecule has 0 fully saturated rings. The molecule has 0 aliphatic rings. The van der Waals surface area contributed by atoms with Crippen molar-refractivity contribution in [3.8, 4) is 0 Å². The number of aryl methyl sites for hydroxylation is 1. The third-order valence-corrected chi connectivity index (χ3v) is 3.61. The van der Waals surface area contributed by atoms with Gasteiger partial charge in [-0.1, -0.05) is 18.2 Å². The van der Waals surface area contributed by atoms with Crippen molar-refractivity contribution in [3.63, 3.8) is 0 Å². The van der Waals surface area contributed by atoms with Gasteiger partial charge in [0, 0.05) is 22.5 Å². The summed E-state index contributed by atoms with van der Waals surface area (Å²) >= 11 is 1.77. The standard InChI is InChI=1S/C15H17N3S/c1-3-10-19-15-7-5-4-6-14(15)17-11-13-8-9-16-12(2)18-13/h3-9,17H,1,10-11H2,2H3. The zero-order valence-corrected chi connectivity index (χ0v) is 11.8. The van der Waals surface area contributed by atoms with Crippen LogP contribution in [0.1, 0.15) is 11.5 Å². The van der Waals surface area contributed by atoms with E-state index >= 15 is 0 Å². The lowest BCUT2D eigenvalue weighted by Gasteiger charge is -2.10. The minimum atomic E-state index is 0.703. The molecule has 0 aliphatic heterocycles. The molecule has 98 valence electrons. The number of thioether (sulfide) groups is 1. The van der Waals surface area contributed by atoms with Gasteiger partial charge < -0.3 is 5.32 Å². The molecule has 19 heavy (non-hydrogen) atoms. The van der Waals surface area contributed by atoms with Crippen LogP contribution in [0.5, 0.6) is 0 Å². The first-order valence-electron chi connectivity index (χ1n) is 6.14. The normalized spacial score (nSPS) is 10.2. The molecule has 0 saturated carbocycles. The van der Waals surface area contributed by atoms with E-state index in [0.29, 0.717) is 6.54 Å². The van der Waals surface area contributed by atoms with Crippen molar-refractivity contribution < 1.29 is 0 Å².